The number of Topliss-reactive ketones (excluding diaryl/α,β-unsaturated/α-hetero) is 2. The molecule has 1 amide bonds. The van der Waals surface area contributed by atoms with Crippen LogP contribution in [0.2, 0.25) is 0 Å². The fourth-order valence-corrected chi connectivity index (χ4v) is 4.90. The number of allylic oxidation sites excluding steroid dienone is 4. The van der Waals surface area contributed by atoms with E-state index in [0.717, 1.165) is 14.7 Å². The number of aromatic nitrogens is 4. The van der Waals surface area contributed by atoms with Crippen LogP contribution in [0.3, 0.4) is 0 Å². The van der Waals surface area contributed by atoms with Crippen LogP contribution in [-0.2, 0) is 22.7 Å². The highest BCUT2D eigenvalue weighted by Gasteiger charge is 2.44. The van der Waals surface area contributed by atoms with Crippen molar-refractivity contribution in [3.8, 4) is 0 Å². The Hall–Kier alpha value is -2.98. The molecule has 2 aromatic heterocycles. The fraction of sp³-hybridized carbons (Fsp3) is 0.200. The minimum atomic E-state index is -0.540. The Morgan fingerprint density at radius 2 is 2.10 bits per heavy atom. The van der Waals surface area contributed by atoms with E-state index in [1.165, 1.54) is 20.9 Å². The van der Waals surface area contributed by atoms with Crippen LogP contribution in [0, 0.1) is 5.92 Å². The number of benzene rings is 1. The van der Waals surface area contributed by atoms with Crippen molar-refractivity contribution in [2.75, 3.05) is 0 Å². The van der Waals surface area contributed by atoms with Gasteiger partial charge in [-0.05, 0) is 24.6 Å². The van der Waals surface area contributed by atoms with Crippen molar-refractivity contribution in [3.63, 3.8) is 0 Å². The van der Waals surface area contributed by atoms with E-state index in [-0.39, 0.29) is 18.9 Å². The smallest absolute Gasteiger partial charge is 0.295 e. The molecule has 3 heterocycles. The van der Waals surface area contributed by atoms with Gasteiger partial charge in [0.1, 0.15) is 12.2 Å². The number of carbonyl (C=O) groups excluding carboxylic acids is 3. The predicted octanol–water partition coefficient (Wildman–Crippen LogP) is 2.86. The Balaban J connectivity index is 1.32. The summed E-state index contributed by atoms with van der Waals surface area (Å²) < 4.78 is 3.22. The molecule has 1 fully saturated rings. The number of rotatable bonds is 5. The molecule has 5 rings (SSSR count). The van der Waals surface area contributed by atoms with Gasteiger partial charge in [-0.2, -0.15) is 0 Å². The molecule has 10 heteroatoms. The maximum absolute atomic E-state index is 12.6. The standard InChI is InChI=1S/C20H14BrN5O3S/c21-11-5-6-13-15(7-11)26(20(29)18(13)28)9-12-8-25(24-23-12)10-16(27)19-22-14-3-1-2-4-17(14)30-19/h1-5,7-8,13H,6,9-10H2. The molecule has 0 spiro atoms. The first-order valence-corrected chi connectivity index (χ1v) is 10.8. The third-order valence-corrected chi connectivity index (χ3v) is 6.65. The van der Waals surface area contributed by atoms with Gasteiger partial charge in [-0.3, -0.25) is 14.4 Å². The summed E-state index contributed by atoms with van der Waals surface area (Å²) in [5.41, 5.74) is 1.96. The molecular formula is C20H14BrN5O3S. The van der Waals surface area contributed by atoms with Gasteiger partial charge >= 0.3 is 0 Å². The molecule has 2 aliphatic rings. The van der Waals surface area contributed by atoms with E-state index in [0.29, 0.717) is 22.8 Å². The summed E-state index contributed by atoms with van der Waals surface area (Å²) in [6.45, 7) is 0.127. The summed E-state index contributed by atoms with van der Waals surface area (Å²) in [7, 11) is 0. The lowest BCUT2D eigenvalue weighted by atomic mass is 9.96. The van der Waals surface area contributed by atoms with Crippen molar-refractivity contribution >= 4 is 55.0 Å². The number of ketones is 2. The van der Waals surface area contributed by atoms with Gasteiger partial charge < -0.3 is 4.90 Å². The highest BCUT2D eigenvalue weighted by molar-refractivity contribution is 9.11. The SMILES string of the molecule is O=C(Cn1cc(CN2C(=O)C(=O)C3CC=C(Br)C=C32)nn1)c1nc2ccccc2s1. The predicted molar refractivity (Wildman–Crippen MR) is 113 cm³/mol. The fourth-order valence-electron chi connectivity index (χ4n) is 3.58. The van der Waals surface area contributed by atoms with Crippen LogP contribution in [-0.4, -0.2) is 42.4 Å². The van der Waals surface area contributed by atoms with Gasteiger partial charge in [-0.1, -0.05) is 39.4 Å². The zero-order valence-electron chi connectivity index (χ0n) is 15.5. The van der Waals surface area contributed by atoms with Gasteiger partial charge in [-0.25, -0.2) is 9.67 Å². The molecule has 0 saturated carbocycles. The largest absolute Gasteiger partial charge is 0.303 e. The van der Waals surface area contributed by atoms with Crippen LogP contribution in [0.25, 0.3) is 10.2 Å². The molecule has 0 radical (unpaired) electrons. The molecule has 1 aliphatic heterocycles. The lowest BCUT2D eigenvalue weighted by Gasteiger charge is -2.20. The summed E-state index contributed by atoms with van der Waals surface area (Å²) in [6, 6.07) is 7.58. The first-order chi connectivity index (χ1) is 14.5. The third-order valence-electron chi connectivity index (χ3n) is 5.02. The number of nitrogens with zero attached hydrogens (tertiary/aromatic N) is 5. The van der Waals surface area contributed by atoms with E-state index in [4.69, 9.17) is 0 Å². The van der Waals surface area contributed by atoms with Crippen LogP contribution in [0.4, 0.5) is 0 Å². The van der Waals surface area contributed by atoms with Gasteiger partial charge in [0.15, 0.2) is 5.01 Å². The van der Waals surface area contributed by atoms with Crippen molar-refractivity contribution in [2.45, 2.75) is 19.5 Å². The van der Waals surface area contributed by atoms with E-state index in [1.807, 2.05) is 30.3 Å². The normalized spacial score (nSPS) is 18.6. The van der Waals surface area contributed by atoms with E-state index in [1.54, 1.807) is 12.3 Å². The molecule has 0 bridgehead atoms. The lowest BCUT2D eigenvalue weighted by Crippen LogP contribution is -2.26. The molecule has 1 saturated heterocycles. The number of hydrogen-bond donors (Lipinski definition) is 0. The van der Waals surface area contributed by atoms with Gasteiger partial charge in [0.2, 0.25) is 11.6 Å². The summed E-state index contributed by atoms with van der Waals surface area (Å²) in [6.07, 6.45) is 5.78. The number of amides is 1. The highest BCUT2D eigenvalue weighted by atomic mass is 79.9. The Labute approximate surface area is 183 Å². The van der Waals surface area contributed by atoms with E-state index < -0.39 is 17.6 Å². The Kier molecular flexibility index (Phi) is 4.67. The zero-order chi connectivity index (χ0) is 20.8. The van der Waals surface area contributed by atoms with Crippen LogP contribution in [0.15, 0.2) is 52.8 Å². The number of hydrogen-bond acceptors (Lipinski definition) is 7. The number of carbonyl (C=O) groups is 3. The van der Waals surface area contributed by atoms with Crippen LogP contribution in [0.5, 0.6) is 0 Å². The molecule has 1 aromatic carbocycles. The molecular weight excluding hydrogens is 470 g/mol. The second kappa shape index (κ2) is 7.37. The average Bonchev–Trinajstić information content (AvgIpc) is 3.42. The molecule has 1 aliphatic carbocycles. The van der Waals surface area contributed by atoms with E-state index in [9.17, 15) is 14.4 Å². The third kappa shape index (κ3) is 3.31. The first-order valence-electron chi connectivity index (χ1n) is 9.20. The minimum absolute atomic E-state index is 0.000688. The number of likely N-dealkylation sites (tertiary alicyclic amines) is 1. The highest BCUT2D eigenvalue weighted by Crippen LogP contribution is 2.36. The van der Waals surface area contributed by atoms with Gasteiger partial charge in [0.25, 0.3) is 5.91 Å². The average molecular weight is 484 g/mol. The maximum atomic E-state index is 12.6. The lowest BCUT2D eigenvalue weighted by molar-refractivity contribution is -0.140. The quantitative estimate of drug-likeness (QED) is 0.408. The Morgan fingerprint density at radius 1 is 1.27 bits per heavy atom. The number of halogens is 1. The Bertz CT molecular complexity index is 1240. The summed E-state index contributed by atoms with van der Waals surface area (Å²) in [5.74, 6) is -1.54. The monoisotopic (exact) mass is 483 g/mol. The van der Waals surface area contributed by atoms with Crippen LogP contribution >= 0.6 is 27.3 Å². The van der Waals surface area contributed by atoms with Crippen LogP contribution in [0.1, 0.15) is 21.9 Å². The van der Waals surface area contributed by atoms with Gasteiger partial charge in [-0.15, -0.1) is 16.4 Å². The maximum Gasteiger partial charge on any atom is 0.295 e. The Morgan fingerprint density at radius 3 is 2.93 bits per heavy atom. The van der Waals surface area contributed by atoms with Crippen molar-refractivity contribution in [1.29, 1.82) is 0 Å². The van der Waals surface area contributed by atoms with Crippen molar-refractivity contribution < 1.29 is 14.4 Å². The number of fused-ring (bicyclic) bond motifs is 2. The van der Waals surface area contributed by atoms with Crippen molar-refractivity contribution in [1.82, 2.24) is 24.9 Å². The minimum Gasteiger partial charge on any atom is -0.303 e. The first kappa shape index (κ1) is 19.0. The van der Waals surface area contributed by atoms with Crippen molar-refractivity contribution in [3.05, 3.63) is 63.5 Å². The molecule has 150 valence electrons. The topological polar surface area (TPSA) is 98.1 Å². The zero-order valence-corrected chi connectivity index (χ0v) is 17.9. The summed E-state index contributed by atoms with van der Waals surface area (Å²) in [5, 5.41) is 8.49. The molecule has 1 atom stereocenters. The summed E-state index contributed by atoms with van der Waals surface area (Å²) in [4.78, 5) is 43.1. The molecule has 3 aromatic rings. The number of para-hydroxylation sites is 1. The van der Waals surface area contributed by atoms with Crippen LogP contribution < -0.4 is 0 Å². The summed E-state index contributed by atoms with van der Waals surface area (Å²) >= 11 is 4.75. The molecule has 0 N–H and O–H groups in total. The van der Waals surface area contributed by atoms with E-state index in [2.05, 4.69) is 31.2 Å². The van der Waals surface area contributed by atoms with Gasteiger partial charge in [0.05, 0.1) is 28.9 Å². The molecule has 1 unspecified atom stereocenters. The van der Waals surface area contributed by atoms with Gasteiger partial charge in [0, 0.05) is 10.2 Å². The second-order valence-corrected chi connectivity index (χ2v) is 8.97. The van der Waals surface area contributed by atoms with E-state index >= 15 is 0 Å². The van der Waals surface area contributed by atoms with Crippen molar-refractivity contribution in [2.24, 2.45) is 5.92 Å². The number of thiazole rings is 1. The second-order valence-electron chi connectivity index (χ2n) is 7.02. The molecule has 8 nitrogen and oxygen atoms in total. The molecule has 30 heavy (non-hydrogen) atoms.